The fraction of sp³-hybridized carbons (Fsp3) is 0.357. The fourth-order valence-corrected chi connectivity index (χ4v) is 2.52. The van der Waals surface area contributed by atoms with Gasteiger partial charge in [-0.25, -0.2) is 0 Å². The number of nitrogens with two attached hydrogens (primary N) is 1. The lowest BCUT2D eigenvalue weighted by Gasteiger charge is -2.32. The molecule has 0 radical (unpaired) electrons. The van der Waals surface area contributed by atoms with Crippen molar-refractivity contribution in [1.82, 2.24) is 4.98 Å². The van der Waals surface area contributed by atoms with Gasteiger partial charge in [0.25, 0.3) is 5.56 Å². The first-order valence-electron chi connectivity index (χ1n) is 6.02. The lowest BCUT2D eigenvalue weighted by atomic mass is 9.76. The Morgan fingerprint density at radius 3 is 2.76 bits per heavy atom. The highest BCUT2D eigenvalue weighted by molar-refractivity contribution is 5.79. The minimum atomic E-state index is -0.00378. The Balaban J connectivity index is 2.06. The normalized spacial score (nSPS) is 23.6. The van der Waals surface area contributed by atoms with E-state index in [2.05, 4.69) is 17.1 Å². The molecule has 17 heavy (non-hydrogen) atoms. The minimum Gasteiger partial charge on any atom is -0.328 e. The highest BCUT2D eigenvalue weighted by atomic mass is 16.1. The molecule has 0 saturated heterocycles. The van der Waals surface area contributed by atoms with E-state index in [4.69, 9.17) is 5.73 Å². The average molecular weight is 228 g/mol. The maximum Gasteiger partial charge on any atom is 0.251 e. The summed E-state index contributed by atoms with van der Waals surface area (Å²) in [5.41, 5.74) is 8.82. The molecule has 0 bridgehead atoms. The Morgan fingerprint density at radius 1 is 1.29 bits per heavy atom. The van der Waals surface area contributed by atoms with Gasteiger partial charge in [-0.3, -0.25) is 4.79 Å². The van der Waals surface area contributed by atoms with Crippen molar-refractivity contribution in [2.24, 2.45) is 5.73 Å². The van der Waals surface area contributed by atoms with E-state index in [1.807, 2.05) is 19.1 Å². The second-order valence-electron chi connectivity index (χ2n) is 5.06. The molecule has 1 aliphatic rings. The Kier molecular flexibility index (Phi) is 2.30. The van der Waals surface area contributed by atoms with Crippen LogP contribution in [0.4, 0.5) is 0 Å². The third-order valence-corrected chi connectivity index (χ3v) is 3.70. The average Bonchev–Trinajstić information content (AvgIpc) is 2.26. The van der Waals surface area contributed by atoms with Crippen molar-refractivity contribution in [3.63, 3.8) is 0 Å². The molecule has 1 heterocycles. The van der Waals surface area contributed by atoms with Crippen LogP contribution in [0.2, 0.25) is 0 Å². The largest absolute Gasteiger partial charge is 0.328 e. The molecule has 2 aromatic rings. The van der Waals surface area contributed by atoms with Crippen LogP contribution < -0.4 is 11.3 Å². The number of hydrogen-bond donors (Lipinski definition) is 2. The molecule has 0 amide bonds. The van der Waals surface area contributed by atoms with E-state index in [-0.39, 0.29) is 5.56 Å². The number of nitrogens with one attached hydrogen (secondary N) is 1. The van der Waals surface area contributed by atoms with Gasteiger partial charge < -0.3 is 10.7 Å². The molecular formula is C14H16N2O. The zero-order chi connectivity index (χ0) is 12.0. The van der Waals surface area contributed by atoms with Crippen molar-refractivity contribution in [2.45, 2.75) is 31.7 Å². The number of rotatable bonds is 1. The van der Waals surface area contributed by atoms with Gasteiger partial charge in [-0.05, 0) is 54.8 Å². The summed E-state index contributed by atoms with van der Waals surface area (Å²) in [6, 6.07) is 8.60. The van der Waals surface area contributed by atoms with Crippen LogP contribution in [0.1, 0.15) is 29.9 Å². The summed E-state index contributed by atoms with van der Waals surface area (Å²) in [5, 5.41) is 1.11. The molecule has 3 heteroatoms. The number of aromatic amines is 1. The van der Waals surface area contributed by atoms with Gasteiger partial charge in [-0.15, -0.1) is 0 Å². The van der Waals surface area contributed by atoms with Crippen molar-refractivity contribution >= 4 is 10.9 Å². The van der Waals surface area contributed by atoms with E-state index < -0.39 is 0 Å². The van der Waals surface area contributed by atoms with Crippen molar-refractivity contribution in [2.75, 3.05) is 0 Å². The number of pyridine rings is 1. The first-order valence-corrected chi connectivity index (χ1v) is 6.02. The van der Waals surface area contributed by atoms with Crippen LogP contribution >= 0.6 is 0 Å². The Morgan fingerprint density at radius 2 is 2.06 bits per heavy atom. The SMILES string of the molecule is Cc1cc2cc(C3CC(N)C3)ccc2[nH]c1=O. The van der Waals surface area contributed by atoms with Gasteiger partial charge >= 0.3 is 0 Å². The quantitative estimate of drug-likeness (QED) is 0.784. The molecular weight excluding hydrogens is 212 g/mol. The summed E-state index contributed by atoms with van der Waals surface area (Å²) in [6.45, 7) is 1.84. The molecule has 3 nitrogen and oxygen atoms in total. The smallest absolute Gasteiger partial charge is 0.251 e. The lowest BCUT2D eigenvalue weighted by molar-refractivity contribution is 0.352. The zero-order valence-electron chi connectivity index (χ0n) is 9.86. The van der Waals surface area contributed by atoms with Crippen molar-refractivity contribution < 1.29 is 0 Å². The first-order chi connectivity index (χ1) is 8.13. The predicted molar refractivity (Wildman–Crippen MR) is 69.3 cm³/mol. The third kappa shape index (κ3) is 1.76. The van der Waals surface area contributed by atoms with Crippen LogP contribution in [-0.4, -0.2) is 11.0 Å². The predicted octanol–water partition coefficient (Wildman–Crippen LogP) is 2.04. The van der Waals surface area contributed by atoms with Gasteiger partial charge in [0.05, 0.1) is 0 Å². The maximum atomic E-state index is 11.5. The Bertz CT molecular complexity index is 624. The summed E-state index contributed by atoms with van der Waals surface area (Å²) >= 11 is 0. The summed E-state index contributed by atoms with van der Waals surface area (Å²) < 4.78 is 0. The van der Waals surface area contributed by atoms with Gasteiger partial charge in [-0.1, -0.05) is 6.07 Å². The molecule has 0 unspecified atom stereocenters. The molecule has 1 aromatic heterocycles. The van der Waals surface area contributed by atoms with E-state index in [0.29, 0.717) is 12.0 Å². The summed E-state index contributed by atoms with van der Waals surface area (Å²) in [6.07, 6.45) is 2.15. The number of aromatic nitrogens is 1. The van der Waals surface area contributed by atoms with E-state index >= 15 is 0 Å². The first kappa shape index (κ1) is 10.5. The highest BCUT2D eigenvalue weighted by Gasteiger charge is 2.27. The Labute approximate surface area is 99.7 Å². The summed E-state index contributed by atoms with van der Waals surface area (Å²) in [5.74, 6) is 0.599. The van der Waals surface area contributed by atoms with Crippen molar-refractivity contribution in [3.05, 3.63) is 45.7 Å². The summed E-state index contributed by atoms with van der Waals surface area (Å²) in [7, 11) is 0. The lowest BCUT2D eigenvalue weighted by Crippen LogP contribution is -2.34. The standard InChI is InChI=1S/C14H16N2O/c1-8-4-11-5-9(10-6-12(15)7-10)2-3-13(11)16-14(8)17/h2-5,10,12H,6-7,15H2,1H3,(H,16,17). The van der Waals surface area contributed by atoms with Gasteiger partial charge in [-0.2, -0.15) is 0 Å². The van der Waals surface area contributed by atoms with Crippen LogP contribution in [0.15, 0.2) is 29.1 Å². The molecule has 0 atom stereocenters. The molecule has 1 fully saturated rings. The maximum absolute atomic E-state index is 11.5. The summed E-state index contributed by atoms with van der Waals surface area (Å²) in [4.78, 5) is 14.4. The third-order valence-electron chi connectivity index (χ3n) is 3.70. The molecule has 0 spiro atoms. The number of aryl methyl sites for hydroxylation is 1. The van der Waals surface area contributed by atoms with E-state index in [1.165, 1.54) is 5.56 Å². The topological polar surface area (TPSA) is 58.9 Å². The van der Waals surface area contributed by atoms with E-state index in [0.717, 1.165) is 29.3 Å². The van der Waals surface area contributed by atoms with Crippen molar-refractivity contribution in [1.29, 1.82) is 0 Å². The monoisotopic (exact) mass is 228 g/mol. The number of hydrogen-bond acceptors (Lipinski definition) is 2. The van der Waals surface area contributed by atoms with Crippen LogP contribution in [0.25, 0.3) is 10.9 Å². The Hall–Kier alpha value is -1.61. The molecule has 1 aromatic carbocycles. The van der Waals surface area contributed by atoms with E-state index in [9.17, 15) is 4.79 Å². The second kappa shape index (κ2) is 3.70. The fourth-order valence-electron chi connectivity index (χ4n) is 2.52. The number of benzene rings is 1. The second-order valence-corrected chi connectivity index (χ2v) is 5.06. The van der Waals surface area contributed by atoms with Gasteiger partial charge in [0.2, 0.25) is 0 Å². The van der Waals surface area contributed by atoms with Gasteiger partial charge in [0, 0.05) is 17.1 Å². The zero-order valence-corrected chi connectivity index (χ0v) is 9.86. The number of H-pyrrole nitrogens is 1. The van der Waals surface area contributed by atoms with Crippen molar-refractivity contribution in [3.8, 4) is 0 Å². The van der Waals surface area contributed by atoms with Gasteiger partial charge in [0.15, 0.2) is 0 Å². The molecule has 3 N–H and O–H groups in total. The van der Waals surface area contributed by atoms with Crippen LogP contribution in [0.3, 0.4) is 0 Å². The number of fused-ring (bicyclic) bond motifs is 1. The molecule has 88 valence electrons. The molecule has 0 aliphatic heterocycles. The van der Waals surface area contributed by atoms with Crippen LogP contribution in [0, 0.1) is 6.92 Å². The van der Waals surface area contributed by atoms with Crippen LogP contribution in [-0.2, 0) is 0 Å². The molecule has 3 rings (SSSR count). The van der Waals surface area contributed by atoms with E-state index in [1.54, 1.807) is 0 Å². The molecule has 1 aliphatic carbocycles. The minimum absolute atomic E-state index is 0.00378. The van der Waals surface area contributed by atoms with Crippen LogP contribution in [0.5, 0.6) is 0 Å². The molecule has 1 saturated carbocycles. The highest BCUT2D eigenvalue weighted by Crippen LogP contribution is 2.36. The van der Waals surface area contributed by atoms with Gasteiger partial charge in [0.1, 0.15) is 0 Å².